The van der Waals surface area contributed by atoms with E-state index in [0.29, 0.717) is 28.7 Å². The van der Waals surface area contributed by atoms with Crippen LogP contribution in [0, 0.1) is 0 Å². The maximum atomic E-state index is 13.1. The fourth-order valence-corrected chi connectivity index (χ4v) is 4.48. The Morgan fingerprint density at radius 1 is 1.41 bits per heavy atom. The van der Waals surface area contributed by atoms with Crippen LogP contribution in [0.15, 0.2) is 18.2 Å². The van der Waals surface area contributed by atoms with Gasteiger partial charge in [0.1, 0.15) is 16.7 Å². The number of hydrogen-bond acceptors (Lipinski definition) is 6. The van der Waals surface area contributed by atoms with Crippen LogP contribution in [0.25, 0.3) is 10.1 Å². The number of piperazine rings is 1. The number of amides is 2. The molecule has 144 valence electrons. The van der Waals surface area contributed by atoms with Gasteiger partial charge in [-0.15, -0.1) is 11.3 Å². The van der Waals surface area contributed by atoms with E-state index in [1.54, 1.807) is 26.2 Å². The highest BCUT2D eigenvalue weighted by Crippen LogP contribution is 2.38. The van der Waals surface area contributed by atoms with Gasteiger partial charge in [-0.2, -0.15) is 0 Å². The first-order chi connectivity index (χ1) is 13.0. The number of benzene rings is 1. The van der Waals surface area contributed by atoms with E-state index in [1.807, 2.05) is 6.07 Å². The molecule has 0 spiro atoms. The molecule has 0 saturated carbocycles. The van der Waals surface area contributed by atoms with Gasteiger partial charge in [-0.25, -0.2) is 0 Å². The van der Waals surface area contributed by atoms with Crippen LogP contribution in [0.1, 0.15) is 23.0 Å². The lowest BCUT2D eigenvalue weighted by Gasteiger charge is -2.34. The number of rotatable bonds is 5. The van der Waals surface area contributed by atoms with Gasteiger partial charge >= 0.3 is 5.97 Å². The average Bonchev–Trinajstić information content (AvgIpc) is 2.99. The van der Waals surface area contributed by atoms with Crippen LogP contribution >= 0.6 is 22.9 Å². The summed E-state index contributed by atoms with van der Waals surface area (Å²) in [5.41, 5.74) is 0. The number of ether oxygens (including phenoxy) is 2. The predicted octanol–water partition coefficient (Wildman–Crippen LogP) is 2.46. The summed E-state index contributed by atoms with van der Waals surface area (Å²) in [7, 11) is 1.56. The molecule has 1 aliphatic rings. The zero-order valence-electron chi connectivity index (χ0n) is 14.9. The normalized spacial score (nSPS) is 16.9. The van der Waals surface area contributed by atoms with Crippen molar-refractivity contribution >= 4 is 50.8 Å². The zero-order chi connectivity index (χ0) is 19.6. The number of methoxy groups -OCH3 is 1. The van der Waals surface area contributed by atoms with Crippen LogP contribution in [-0.4, -0.2) is 55.5 Å². The highest BCUT2D eigenvalue weighted by molar-refractivity contribution is 7.21. The molecule has 1 aromatic heterocycles. The third-order valence-corrected chi connectivity index (χ3v) is 5.93. The summed E-state index contributed by atoms with van der Waals surface area (Å²) >= 11 is 7.67. The van der Waals surface area contributed by atoms with Gasteiger partial charge in [-0.1, -0.05) is 11.6 Å². The van der Waals surface area contributed by atoms with Gasteiger partial charge in [0.25, 0.3) is 5.91 Å². The Balaban J connectivity index is 1.92. The molecular weight excluding hydrogens is 392 g/mol. The fraction of sp³-hybridized carbons (Fsp3) is 0.389. The van der Waals surface area contributed by atoms with Crippen molar-refractivity contribution in [1.29, 1.82) is 0 Å². The fourth-order valence-electron chi connectivity index (χ4n) is 2.98. The molecule has 1 aromatic carbocycles. The number of nitrogens with one attached hydrogen (secondary N) is 1. The van der Waals surface area contributed by atoms with E-state index >= 15 is 0 Å². The van der Waals surface area contributed by atoms with Gasteiger partial charge in [0.2, 0.25) is 5.91 Å². The van der Waals surface area contributed by atoms with Gasteiger partial charge in [0.05, 0.1) is 25.2 Å². The van der Waals surface area contributed by atoms with Crippen LogP contribution in [0.3, 0.4) is 0 Å². The molecule has 9 heteroatoms. The molecule has 7 nitrogen and oxygen atoms in total. The second-order valence-electron chi connectivity index (χ2n) is 5.92. The van der Waals surface area contributed by atoms with Gasteiger partial charge in [0.15, 0.2) is 0 Å². The molecule has 27 heavy (non-hydrogen) atoms. The summed E-state index contributed by atoms with van der Waals surface area (Å²) in [6.07, 6.45) is -0.193. The van der Waals surface area contributed by atoms with Gasteiger partial charge in [0, 0.05) is 23.2 Å². The van der Waals surface area contributed by atoms with Crippen LogP contribution in [0.2, 0.25) is 5.02 Å². The molecule has 1 fully saturated rings. The standard InChI is InChI=1S/C18H19ClN2O5S/c1-3-26-14(22)9-12-17(23)20-6-7-21(12)18(24)16-15(19)11-5-4-10(25-2)8-13(11)27-16/h4-5,8,12H,3,6-7,9H2,1-2H3,(H,20,23). The Hall–Kier alpha value is -2.32. The van der Waals surface area contributed by atoms with E-state index in [-0.39, 0.29) is 24.8 Å². The summed E-state index contributed by atoms with van der Waals surface area (Å²) in [5, 5.41) is 3.77. The van der Waals surface area contributed by atoms with Gasteiger partial charge in [-0.05, 0) is 25.1 Å². The molecule has 0 bridgehead atoms. The molecule has 1 saturated heterocycles. The van der Waals surface area contributed by atoms with Gasteiger partial charge < -0.3 is 19.7 Å². The van der Waals surface area contributed by atoms with Crippen LogP contribution < -0.4 is 10.1 Å². The van der Waals surface area contributed by atoms with E-state index in [1.165, 1.54) is 16.2 Å². The van der Waals surface area contributed by atoms with E-state index in [0.717, 1.165) is 10.1 Å². The van der Waals surface area contributed by atoms with Crippen LogP contribution in [0.4, 0.5) is 0 Å². The Labute approximate surface area is 165 Å². The Morgan fingerprint density at radius 2 is 2.19 bits per heavy atom. The van der Waals surface area contributed by atoms with Crippen molar-refractivity contribution in [2.45, 2.75) is 19.4 Å². The summed E-state index contributed by atoms with van der Waals surface area (Å²) in [4.78, 5) is 39.0. The number of nitrogens with zero attached hydrogens (tertiary/aromatic N) is 1. The van der Waals surface area contributed by atoms with E-state index in [2.05, 4.69) is 5.32 Å². The number of thiophene rings is 1. The smallest absolute Gasteiger partial charge is 0.308 e. The lowest BCUT2D eigenvalue weighted by Crippen LogP contribution is -2.57. The predicted molar refractivity (Wildman–Crippen MR) is 102 cm³/mol. The lowest BCUT2D eigenvalue weighted by atomic mass is 10.1. The Bertz CT molecular complexity index is 897. The maximum Gasteiger partial charge on any atom is 0.308 e. The minimum Gasteiger partial charge on any atom is -0.497 e. The van der Waals surface area contributed by atoms with Crippen molar-refractivity contribution in [3.8, 4) is 5.75 Å². The van der Waals surface area contributed by atoms with Crippen molar-refractivity contribution in [3.63, 3.8) is 0 Å². The second kappa shape index (κ2) is 8.14. The lowest BCUT2D eigenvalue weighted by molar-refractivity contribution is -0.147. The molecule has 2 aromatic rings. The summed E-state index contributed by atoms with van der Waals surface area (Å²) in [5.74, 6) is -0.604. The second-order valence-corrected chi connectivity index (χ2v) is 7.35. The summed E-state index contributed by atoms with van der Waals surface area (Å²) in [6.45, 7) is 2.51. The molecule has 1 atom stereocenters. The molecule has 2 heterocycles. The third-order valence-electron chi connectivity index (χ3n) is 4.29. The minimum atomic E-state index is -0.916. The molecule has 3 rings (SSSR count). The molecule has 2 amide bonds. The van der Waals surface area contributed by atoms with E-state index in [9.17, 15) is 14.4 Å². The highest BCUT2D eigenvalue weighted by Gasteiger charge is 2.37. The first-order valence-corrected chi connectivity index (χ1v) is 9.66. The van der Waals surface area contributed by atoms with Gasteiger partial charge in [-0.3, -0.25) is 14.4 Å². The number of halogens is 1. The number of fused-ring (bicyclic) bond motifs is 1. The molecule has 1 N–H and O–H groups in total. The Morgan fingerprint density at radius 3 is 2.89 bits per heavy atom. The topological polar surface area (TPSA) is 84.9 Å². The number of carbonyl (C=O) groups excluding carboxylic acids is 3. The van der Waals surface area contributed by atoms with Crippen molar-refractivity contribution in [2.24, 2.45) is 0 Å². The highest BCUT2D eigenvalue weighted by atomic mass is 35.5. The monoisotopic (exact) mass is 410 g/mol. The average molecular weight is 411 g/mol. The van der Waals surface area contributed by atoms with Crippen molar-refractivity contribution in [1.82, 2.24) is 10.2 Å². The molecule has 0 aliphatic carbocycles. The first kappa shape index (κ1) is 19.4. The van der Waals surface area contributed by atoms with Crippen LogP contribution in [-0.2, 0) is 14.3 Å². The summed E-state index contributed by atoms with van der Waals surface area (Å²) in [6, 6.07) is 4.46. The minimum absolute atomic E-state index is 0.193. The number of carbonyl (C=O) groups is 3. The van der Waals surface area contributed by atoms with Crippen molar-refractivity contribution < 1.29 is 23.9 Å². The maximum absolute atomic E-state index is 13.1. The molecule has 1 unspecified atom stereocenters. The van der Waals surface area contributed by atoms with Crippen molar-refractivity contribution in [3.05, 3.63) is 28.1 Å². The largest absolute Gasteiger partial charge is 0.497 e. The van der Waals surface area contributed by atoms with Crippen molar-refractivity contribution in [2.75, 3.05) is 26.8 Å². The molecular formula is C18H19ClN2O5S. The first-order valence-electron chi connectivity index (χ1n) is 8.46. The van der Waals surface area contributed by atoms with E-state index in [4.69, 9.17) is 21.1 Å². The molecule has 0 radical (unpaired) electrons. The summed E-state index contributed by atoms with van der Waals surface area (Å²) < 4.78 is 11.0. The van der Waals surface area contributed by atoms with Crippen LogP contribution in [0.5, 0.6) is 5.75 Å². The van der Waals surface area contributed by atoms with E-state index < -0.39 is 12.0 Å². The number of hydrogen-bond donors (Lipinski definition) is 1. The SMILES string of the molecule is CCOC(=O)CC1C(=O)NCCN1C(=O)c1sc2cc(OC)ccc2c1Cl. The molecule has 1 aliphatic heterocycles. The quantitative estimate of drug-likeness (QED) is 0.765. The zero-order valence-corrected chi connectivity index (χ0v) is 16.5. The Kier molecular flexibility index (Phi) is 5.86. The number of esters is 1. The third kappa shape index (κ3) is 3.86.